The van der Waals surface area contributed by atoms with Crippen molar-refractivity contribution in [2.24, 2.45) is 0 Å². The maximum Gasteiger partial charge on any atom is 0.411 e. The van der Waals surface area contributed by atoms with Crippen LogP contribution in [-0.2, 0) is 17.9 Å². The molecule has 0 radical (unpaired) electrons. The largest absolute Gasteiger partial charge is 0.496 e. The van der Waals surface area contributed by atoms with E-state index in [1.165, 1.54) is 7.11 Å². The molecule has 0 aliphatic carbocycles. The van der Waals surface area contributed by atoms with E-state index in [2.05, 4.69) is 23.9 Å². The molecule has 0 unspecified atom stereocenters. The zero-order chi connectivity index (χ0) is 21.0. The molecule has 0 bridgehead atoms. The highest BCUT2D eigenvalue weighted by molar-refractivity contribution is 5.37. The van der Waals surface area contributed by atoms with Gasteiger partial charge in [-0.15, -0.1) is 0 Å². The molecule has 29 heavy (non-hydrogen) atoms. The number of halogens is 3. The summed E-state index contributed by atoms with van der Waals surface area (Å²) in [7, 11) is 1.50. The van der Waals surface area contributed by atoms with Crippen LogP contribution in [0.15, 0.2) is 28.8 Å². The second-order valence-corrected chi connectivity index (χ2v) is 7.69. The van der Waals surface area contributed by atoms with Crippen molar-refractivity contribution >= 4 is 0 Å². The Balaban J connectivity index is 1.70. The molecule has 1 atom stereocenters. The molecule has 2 aromatic rings. The minimum atomic E-state index is -4.35. The Morgan fingerprint density at radius 3 is 2.72 bits per heavy atom. The zero-order valence-electron chi connectivity index (χ0n) is 17.0. The van der Waals surface area contributed by atoms with Crippen LogP contribution in [-0.4, -0.2) is 36.5 Å². The van der Waals surface area contributed by atoms with Gasteiger partial charge in [-0.3, -0.25) is 4.90 Å². The Morgan fingerprint density at radius 2 is 2.07 bits per heavy atom. The van der Waals surface area contributed by atoms with E-state index < -0.39 is 12.8 Å². The maximum atomic E-state index is 12.4. The van der Waals surface area contributed by atoms with Crippen molar-refractivity contribution in [3.8, 4) is 5.75 Å². The average Bonchev–Trinajstić information content (AvgIpc) is 3.30. The summed E-state index contributed by atoms with van der Waals surface area (Å²) >= 11 is 0. The highest BCUT2D eigenvalue weighted by Gasteiger charge is 2.30. The quantitative estimate of drug-likeness (QED) is 0.595. The van der Waals surface area contributed by atoms with Gasteiger partial charge >= 0.3 is 6.18 Å². The van der Waals surface area contributed by atoms with Gasteiger partial charge in [0.05, 0.1) is 19.8 Å². The minimum Gasteiger partial charge on any atom is -0.496 e. The van der Waals surface area contributed by atoms with E-state index >= 15 is 0 Å². The Hall–Kier alpha value is -2.06. The number of hydrogen-bond donors (Lipinski definition) is 0. The molecule has 0 spiro atoms. The number of alkyl halides is 3. The van der Waals surface area contributed by atoms with Crippen molar-refractivity contribution in [3.63, 3.8) is 0 Å². The molecular formula is C21H27F3N2O3. The summed E-state index contributed by atoms with van der Waals surface area (Å²) in [6, 6.07) is 7.77. The van der Waals surface area contributed by atoms with E-state index in [0.717, 1.165) is 36.4 Å². The molecule has 0 N–H and O–H groups in total. The van der Waals surface area contributed by atoms with Crippen LogP contribution in [0.3, 0.4) is 0 Å². The van der Waals surface area contributed by atoms with Gasteiger partial charge in [-0.05, 0) is 37.1 Å². The van der Waals surface area contributed by atoms with Gasteiger partial charge in [0.2, 0.25) is 0 Å². The number of aromatic nitrogens is 1. The fraction of sp³-hybridized carbons (Fsp3) is 0.571. The number of ether oxygens (including phenoxy) is 2. The van der Waals surface area contributed by atoms with E-state index in [-0.39, 0.29) is 18.6 Å². The van der Waals surface area contributed by atoms with Crippen molar-refractivity contribution in [1.82, 2.24) is 10.1 Å². The van der Waals surface area contributed by atoms with Crippen LogP contribution in [0.1, 0.15) is 61.2 Å². The monoisotopic (exact) mass is 412 g/mol. The Bertz CT molecular complexity index is 805. The fourth-order valence-electron chi connectivity index (χ4n) is 3.64. The summed E-state index contributed by atoms with van der Waals surface area (Å²) in [5, 5.41) is 4.26. The molecule has 1 aliphatic rings. The van der Waals surface area contributed by atoms with Gasteiger partial charge in [-0.1, -0.05) is 25.1 Å². The molecule has 0 saturated carbocycles. The third-order valence-electron chi connectivity index (χ3n) is 5.07. The molecule has 1 aliphatic heterocycles. The van der Waals surface area contributed by atoms with E-state index in [1.807, 2.05) is 18.2 Å². The van der Waals surface area contributed by atoms with Gasteiger partial charge in [0.15, 0.2) is 0 Å². The summed E-state index contributed by atoms with van der Waals surface area (Å²) in [5.41, 5.74) is 2.54. The van der Waals surface area contributed by atoms with Gasteiger partial charge in [0, 0.05) is 24.1 Å². The Kier molecular flexibility index (Phi) is 6.85. The molecule has 1 aromatic heterocycles. The van der Waals surface area contributed by atoms with E-state index in [9.17, 15) is 13.2 Å². The summed E-state index contributed by atoms with van der Waals surface area (Å²) in [6.07, 6.45) is -2.28. The van der Waals surface area contributed by atoms with Gasteiger partial charge in [-0.2, -0.15) is 13.2 Å². The normalized spacial score (nSPS) is 18.0. The van der Waals surface area contributed by atoms with Gasteiger partial charge in [-0.25, -0.2) is 0 Å². The standard InChI is InChI=1S/C21H27F3N2O3/c1-14(2)20-10-17(25-29-20)18-5-4-8-26(18)11-15-6-7-19(27-3)16(9-15)12-28-13-21(22,23)24/h6-7,9-10,14,18H,4-5,8,11-13H2,1-3H3/t18-/m1/s1. The van der Waals surface area contributed by atoms with E-state index in [1.54, 1.807) is 6.07 Å². The van der Waals surface area contributed by atoms with Crippen LogP contribution in [0, 0.1) is 0 Å². The fourth-order valence-corrected chi connectivity index (χ4v) is 3.64. The molecule has 5 nitrogen and oxygen atoms in total. The number of methoxy groups -OCH3 is 1. The number of likely N-dealkylation sites (tertiary alicyclic amines) is 1. The molecular weight excluding hydrogens is 385 g/mol. The molecule has 1 aromatic carbocycles. The van der Waals surface area contributed by atoms with Crippen LogP contribution in [0.25, 0.3) is 0 Å². The van der Waals surface area contributed by atoms with Crippen LogP contribution in [0.4, 0.5) is 13.2 Å². The van der Waals surface area contributed by atoms with Crippen LogP contribution in [0.2, 0.25) is 0 Å². The first kappa shape index (κ1) is 21.6. The predicted octanol–water partition coefficient (Wildman–Crippen LogP) is 5.22. The lowest BCUT2D eigenvalue weighted by molar-refractivity contribution is -0.176. The van der Waals surface area contributed by atoms with Gasteiger partial charge in [0.1, 0.15) is 23.8 Å². The maximum absolute atomic E-state index is 12.4. The SMILES string of the molecule is COc1ccc(CN2CCC[C@@H]2c2cc(C(C)C)on2)cc1COCC(F)(F)F. The average molecular weight is 412 g/mol. The van der Waals surface area contributed by atoms with E-state index in [4.69, 9.17) is 14.0 Å². The van der Waals surface area contributed by atoms with Crippen molar-refractivity contribution in [1.29, 1.82) is 0 Å². The van der Waals surface area contributed by atoms with Crippen LogP contribution in [0.5, 0.6) is 5.75 Å². The van der Waals surface area contributed by atoms with E-state index in [0.29, 0.717) is 17.9 Å². The summed E-state index contributed by atoms with van der Waals surface area (Å²) < 4.78 is 52.7. The molecule has 0 amide bonds. The summed E-state index contributed by atoms with van der Waals surface area (Å²) in [6.45, 7) is 4.30. The van der Waals surface area contributed by atoms with Crippen molar-refractivity contribution < 1.29 is 27.2 Å². The van der Waals surface area contributed by atoms with Gasteiger partial charge < -0.3 is 14.0 Å². The molecule has 160 valence electrons. The van der Waals surface area contributed by atoms with Crippen LogP contribution < -0.4 is 4.74 Å². The molecule has 1 fully saturated rings. The summed E-state index contributed by atoms with van der Waals surface area (Å²) in [5.74, 6) is 1.68. The highest BCUT2D eigenvalue weighted by atomic mass is 19.4. The number of benzene rings is 1. The third-order valence-corrected chi connectivity index (χ3v) is 5.07. The lowest BCUT2D eigenvalue weighted by Crippen LogP contribution is -2.23. The highest BCUT2D eigenvalue weighted by Crippen LogP contribution is 2.34. The molecule has 2 heterocycles. The second-order valence-electron chi connectivity index (χ2n) is 7.69. The number of nitrogens with zero attached hydrogens (tertiary/aromatic N) is 2. The zero-order valence-corrected chi connectivity index (χ0v) is 17.0. The van der Waals surface area contributed by atoms with Crippen molar-refractivity contribution in [2.45, 2.75) is 58.0 Å². The predicted molar refractivity (Wildman–Crippen MR) is 102 cm³/mol. The Morgan fingerprint density at radius 1 is 1.28 bits per heavy atom. The van der Waals surface area contributed by atoms with Crippen molar-refractivity contribution in [2.75, 3.05) is 20.3 Å². The minimum absolute atomic E-state index is 0.152. The number of rotatable bonds is 8. The lowest BCUT2D eigenvalue weighted by atomic mass is 10.1. The Labute approximate surface area is 168 Å². The lowest BCUT2D eigenvalue weighted by Gasteiger charge is -2.23. The first-order valence-corrected chi connectivity index (χ1v) is 9.77. The smallest absolute Gasteiger partial charge is 0.411 e. The first-order valence-electron chi connectivity index (χ1n) is 9.77. The molecule has 3 rings (SSSR count). The molecule has 8 heteroatoms. The van der Waals surface area contributed by atoms with Gasteiger partial charge in [0.25, 0.3) is 0 Å². The second kappa shape index (κ2) is 9.17. The third kappa shape index (κ3) is 5.73. The van der Waals surface area contributed by atoms with Crippen LogP contribution >= 0.6 is 0 Å². The topological polar surface area (TPSA) is 47.7 Å². The van der Waals surface area contributed by atoms with Crippen molar-refractivity contribution in [3.05, 3.63) is 46.8 Å². The first-order chi connectivity index (χ1) is 13.8. The number of hydrogen-bond acceptors (Lipinski definition) is 5. The molecule has 1 saturated heterocycles. The summed E-state index contributed by atoms with van der Waals surface area (Å²) in [4.78, 5) is 2.32.